The zero-order valence-electron chi connectivity index (χ0n) is 11.3. The molecule has 104 valence electrons. The number of carboxylic acids is 2. The predicted octanol–water partition coefficient (Wildman–Crippen LogP) is 2.20. The summed E-state index contributed by atoms with van der Waals surface area (Å²) >= 11 is 0. The molecule has 0 aromatic carbocycles. The first-order chi connectivity index (χ1) is 8.10. The molecular weight excluding hydrogens is 240 g/mol. The number of hydrogen-bond acceptors (Lipinski definition) is 4. The van der Waals surface area contributed by atoms with E-state index in [1.807, 2.05) is 0 Å². The Kier molecular flexibility index (Phi) is 5.84. The third-order valence-corrected chi connectivity index (χ3v) is 2.15. The lowest BCUT2D eigenvalue weighted by molar-refractivity contribution is -0.321. The Bertz CT molecular complexity index is 350. The highest BCUT2D eigenvalue weighted by Gasteiger charge is 2.28. The fourth-order valence-electron chi connectivity index (χ4n) is 1.10. The van der Waals surface area contributed by atoms with Crippen molar-refractivity contribution in [2.75, 3.05) is 0 Å². The molecule has 0 spiro atoms. The minimum atomic E-state index is -1.46. The lowest BCUT2D eigenvalue weighted by Gasteiger charge is -2.20. The average molecular weight is 260 g/mol. The molecule has 0 aromatic heterocycles. The molecule has 0 aliphatic carbocycles. The van der Waals surface area contributed by atoms with E-state index in [1.165, 1.54) is 0 Å². The van der Waals surface area contributed by atoms with Crippen molar-refractivity contribution < 1.29 is 29.6 Å². The summed E-state index contributed by atoms with van der Waals surface area (Å²) in [6, 6.07) is 0. The standard InChI is InChI=1S/C12H20O6/c1-6-7(2)8(10(13)14)9(11(15)16)17-18-12(3,4)5/h7H,6H2,1-5H3,(H,13,14)(H,15,16). The number of hydrogen-bond donors (Lipinski definition) is 2. The van der Waals surface area contributed by atoms with Gasteiger partial charge in [-0.25, -0.2) is 9.59 Å². The van der Waals surface area contributed by atoms with Crippen molar-refractivity contribution >= 4 is 11.9 Å². The van der Waals surface area contributed by atoms with E-state index in [4.69, 9.17) is 20.0 Å². The largest absolute Gasteiger partial charge is 0.478 e. The molecule has 0 amide bonds. The van der Waals surface area contributed by atoms with Gasteiger partial charge in [0.2, 0.25) is 0 Å². The highest BCUT2D eigenvalue weighted by atomic mass is 17.2. The van der Waals surface area contributed by atoms with Crippen molar-refractivity contribution in [1.82, 2.24) is 0 Å². The molecule has 6 nitrogen and oxygen atoms in total. The Labute approximate surface area is 106 Å². The Morgan fingerprint density at radius 2 is 1.67 bits per heavy atom. The Morgan fingerprint density at radius 1 is 1.17 bits per heavy atom. The van der Waals surface area contributed by atoms with Crippen LogP contribution in [0.1, 0.15) is 41.0 Å². The van der Waals surface area contributed by atoms with Crippen LogP contribution < -0.4 is 0 Å². The van der Waals surface area contributed by atoms with Crippen molar-refractivity contribution in [2.45, 2.75) is 46.6 Å². The molecular formula is C12H20O6. The first-order valence-corrected chi connectivity index (χ1v) is 5.66. The van der Waals surface area contributed by atoms with Gasteiger partial charge >= 0.3 is 11.9 Å². The number of carboxylic acid groups (broad SMARTS) is 2. The molecule has 0 rings (SSSR count). The lowest BCUT2D eigenvalue weighted by atomic mass is 9.97. The van der Waals surface area contributed by atoms with Gasteiger partial charge in [0.1, 0.15) is 5.60 Å². The summed E-state index contributed by atoms with van der Waals surface area (Å²) in [6.45, 7) is 8.37. The van der Waals surface area contributed by atoms with Gasteiger partial charge in [0.15, 0.2) is 0 Å². The SMILES string of the molecule is CCC(C)C(C(=O)O)=C(OOC(C)(C)C)C(=O)O. The first-order valence-electron chi connectivity index (χ1n) is 5.66. The minimum Gasteiger partial charge on any atom is -0.478 e. The average Bonchev–Trinajstić information content (AvgIpc) is 2.20. The molecule has 0 radical (unpaired) electrons. The minimum absolute atomic E-state index is 0.297. The molecule has 0 saturated carbocycles. The highest BCUT2D eigenvalue weighted by Crippen LogP contribution is 2.22. The van der Waals surface area contributed by atoms with Gasteiger partial charge in [-0.05, 0) is 33.1 Å². The molecule has 0 bridgehead atoms. The number of aliphatic carboxylic acids is 2. The molecule has 1 unspecified atom stereocenters. The van der Waals surface area contributed by atoms with Crippen LogP contribution in [0.25, 0.3) is 0 Å². The maximum Gasteiger partial charge on any atom is 0.375 e. The van der Waals surface area contributed by atoms with E-state index in [2.05, 4.69) is 0 Å². The molecule has 0 aliphatic heterocycles. The van der Waals surface area contributed by atoms with Gasteiger partial charge in [-0.15, -0.1) is 0 Å². The van der Waals surface area contributed by atoms with E-state index in [0.717, 1.165) is 0 Å². The smallest absolute Gasteiger partial charge is 0.375 e. The van der Waals surface area contributed by atoms with Crippen LogP contribution in [0.5, 0.6) is 0 Å². The molecule has 1 atom stereocenters. The normalized spacial score (nSPS) is 14.7. The van der Waals surface area contributed by atoms with Gasteiger partial charge in [-0.2, -0.15) is 4.89 Å². The molecule has 6 heteroatoms. The van der Waals surface area contributed by atoms with Gasteiger partial charge < -0.3 is 15.1 Å². The fraction of sp³-hybridized carbons (Fsp3) is 0.667. The Hall–Kier alpha value is -1.56. The van der Waals surface area contributed by atoms with Crippen LogP contribution in [0.4, 0.5) is 0 Å². The maximum absolute atomic E-state index is 11.1. The van der Waals surface area contributed by atoms with Gasteiger partial charge in [0, 0.05) is 0 Å². The van der Waals surface area contributed by atoms with Gasteiger partial charge in [-0.1, -0.05) is 13.8 Å². The second kappa shape index (κ2) is 6.39. The summed E-state index contributed by atoms with van der Waals surface area (Å²) in [5.41, 5.74) is -1.03. The lowest BCUT2D eigenvalue weighted by Crippen LogP contribution is -2.24. The summed E-state index contributed by atoms with van der Waals surface area (Å²) in [7, 11) is 0. The van der Waals surface area contributed by atoms with E-state index < -0.39 is 29.2 Å². The highest BCUT2D eigenvalue weighted by molar-refractivity contribution is 5.97. The quantitative estimate of drug-likeness (QED) is 0.329. The first kappa shape index (κ1) is 16.4. The molecule has 0 aliphatic rings. The van der Waals surface area contributed by atoms with E-state index >= 15 is 0 Å². The summed E-state index contributed by atoms with van der Waals surface area (Å²) in [5.74, 6) is -3.90. The van der Waals surface area contributed by atoms with Crippen molar-refractivity contribution in [3.05, 3.63) is 11.3 Å². The van der Waals surface area contributed by atoms with Crippen molar-refractivity contribution in [3.63, 3.8) is 0 Å². The monoisotopic (exact) mass is 260 g/mol. The summed E-state index contributed by atoms with van der Waals surface area (Å²) in [4.78, 5) is 31.8. The van der Waals surface area contributed by atoms with Crippen molar-refractivity contribution in [1.29, 1.82) is 0 Å². The molecule has 0 aromatic rings. The molecule has 18 heavy (non-hydrogen) atoms. The van der Waals surface area contributed by atoms with Gasteiger partial charge in [0.25, 0.3) is 5.76 Å². The van der Waals surface area contributed by atoms with Crippen LogP contribution in [0, 0.1) is 5.92 Å². The van der Waals surface area contributed by atoms with E-state index in [0.29, 0.717) is 6.42 Å². The van der Waals surface area contributed by atoms with Crippen LogP contribution in [0.3, 0.4) is 0 Å². The molecule has 0 heterocycles. The second-order valence-electron chi connectivity index (χ2n) is 4.94. The van der Waals surface area contributed by atoms with Gasteiger partial charge in [0.05, 0.1) is 5.57 Å². The third-order valence-electron chi connectivity index (χ3n) is 2.15. The predicted molar refractivity (Wildman–Crippen MR) is 63.7 cm³/mol. The van der Waals surface area contributed by atoms with Gasteiger partial charge in [-0.3, -0.25) is 0 Å². The zero-order valence-corrected chi connectivity index (χ0v) is 11.3. The van der Waals surface area contributed by atoms with Crippen LogP contribution in [-0.4, -0.2) is 27.8 Å². The Morgan fingerprint density at radius 3 is 1.94 bits per heavy atom. The summed E-state index contributed by atoms with van der Waals surface area (Å²) < 4.78 is 0. The Balaban J connectivity index is 5.36. The topological polar surface area (TPSA) is 93.1 Å². The van der Waals surface area contributed by atoms with Crippen LogP contribution >= 0.6 is 0 Å². The number of rotatable bonds is 6. The van der Waals surface area contributed by atoms with Crippen molar-refractivity contribution in [2.24, 2.45) is 5.92 Å². The number of carbonyl (C=O) groups is 2. The summed E-state index contributed by atoms with van der Waals surface area (Å²) in [6.07, 6.45) is 0.483. The van der Waals surface area contributed by atoms with Crippen LogP contribution in [0.2, 0.25) is 0 Å². The third kappa shape index (κ3) is 5.18. The molecule has 0 saturated heterocycles. The second-order valence-corrected chi connectivity index (χ2v) is 4.94. The fourth-order valence-corrected chi connectivity index (χ4v) is 1.10. The molecule has 2 N–H and O–H groups in total. The maximum atomic E-state index is 11.1. The van der Waals surface area contributed by atoms with E-state index in [9.17, 15) is 9.59 Å². The summed E-state index contributed by atoms with van der Waals surface area (Å²) in [5, 5.41) is 18.1. The molecule has 0 fully saturated rings. The van der Waals surface area contributed by atoms with Crippen LogP contribution in [0.15, 0.2) is 11.3 Å². The van der Waals surface area contributed by atoms with Crippen molar-refractivity contribution in [3.8, 4) is 0 Å². The zero-order chi connectivity index (χ0) is 14.5. The van der Waals surface area contributed by atoms with Crippen LogP contribution in [-0.2, 0) is 19.4 Å². The van der Waals surface area contributed by atoms with E-state index in [-0.39, 0.29) is 5.57 Å². The van der Waals surface area contributed by atoms with E-state index in [1.54, 1.807) is 34.6 Å².